The van der Waals surface area contributed by atoms with E-state index in [1.807, 2.05) is 0 Å². The van der Waals surface area contributed by atoms with Gasteiger partial charge in [0.1, 0.15) is 6.17 Å². The number of aliphatic hydroxyl groups is 1. The summed E-state index contributed by atoms with van der Waals surface area (Å²) in [5, 5.41) is 11.8. The normalized spacial score (nSPS) is 31.7. The summed E-state index contributed by atoms with van der Waals surface area (Å²) in [6.45, 7) is 4.61. The molecule has 0 aromatic rings. The topological polar surface area (TPSA) is 32.3 Å². The maximum Gasteiger partial charge on any atom is 0.116 e. The Morgan fingerprint density at radius 1 is 1.73 bits per heavy atom. The molecule has 0 aliphatic carbocycles. The zero-order valence-corrected chi connectivity index (χ0v) is 6.52. The van der Waals surface area contributed by atoms with Gasteiger partial charge in [-0.05, 0) is 18.9 Å². The molecule has 0 amide bonds. The molecule has 3 heteroatoms. The molecule has 0 aromatic carbocycles. The van der Waals surface area contributed by atoms with Crippen LogP contribution in [0.2, 0.25) is 0 Å². The molecule has 1 saturated heterocycles. The molecule has 1 rings (SSSR count). The largest absolute Gasteiger partial charge is 0.513 e. The van der Waals surface area contributed by atoms with E-state index in [-0.39, 0.29) is 11.7 Å². The molecule has 0 radical (unpaired) electrons. The van der Waals surface area contributed by atoms with Crippen molar-refractivity contribution in [1.29, 1.82) is 0 Å². The van der Waals surface area contributed by atoms with Gasteiger partial charge < -0.3 is 10.4 Å². The van der Waals surface area contributed by atoms with Crippen LogP contribution in [0.4, 0.5) is 4.39 Å². The lowest BCUT2D eigenvalue weighted by Gasteiger charge is -2.25. The van der Waals surface area contributed by atoms with Crippen molar-refractivity contribution in [3.05, 3.63) is 12.3 Å². The Bertz CT molecular complexity index is 149. The first kappa shape index (κ1) is 8.53. The molecule has 1 heterocycles. The van der Waals surface area contributed by atoms with Gasteiger partial charge >= 0.3 is 0 Å². The van der Waals surface area contributed by atoms with Gasteiger partial charge in [-0.2, -0.15) is 0 Å². The second kappa shape index (κ2) is 3.72. The zero-order valence-electron chi connectivity index (χ0n) is 6.52. The van der Waals surface area contributed by atoms with E-state index < -0.39 is 6.17 Å². The van der Waals surface area contributed by atoms with Crippen LogP contribution in [0.5, 0.6) is 0 Å². The van der Waals surface area contributed by atoms with Gasteiger partial charge in [0.15, 0.2) is 0 Å². The van der Waals surface area contributed by atoms with Crippen LogP contribution < -0.4 is 5.32 Å². The SMILES string of the molecule is C=C(O)C[C@@H]1CCNC[C@@H]1F. The van der Waals surface area contributed by atoms with Crippen LogP contribution in [-0.4, -0.2) is 24.4 Å². The quantitative estimate of drug-likeness (QED) is 0.597. The maximum absolute atomic E-state index is 13.0. The Hall–Kier alpha value is -0.570. The van der Waals surface area contributed by atoms with Gasteiger partial charge in [0.05, 0.1) is 5.76 Å². The van der Waals surface area contributed by atoms with E-state index in [0.29, 0.717) is 13.0 Å². The molecule has 1 aliphatic rings. The maximum atomic E-state index is 13.0. The smallest absolute Gasteiger partial charge is 0.116 e. The van der Waals surface area contributed by atoms with Gasteiger partial charge in [-0.25, -0.2) is 4.39 Å². The van der Waals surface area contributed by atoms with E-state index in [1.54, 1.807) is 0 Å². The van der Waals surface area contributed by atoms with Gasteiger partial charge in [-0.3, -0.25) is 0 Å². The number of nitrogens with one attached hydrogen (secondary N) is 1. The van der Waals surface area contributed by atoms with Crippen LogP contribution in [-0.2, 0) is 0 Å². The highest BCUT2D eigenvalue weighted by Crippen LogP contribution is 2.21. The predicted molar refractivity (Wildman–Crippen MR) is 42.3 cm³/mol. The highest BCUT2D eigenvalue weighted by atomic mass is 19.1. The van der Waals surface area contributed by atoms with Crippen LogP contribution in [0.3, 0.4) is 0 Å². The first-order valence-corrected chi connectivity index (χ1v) is 3.91. The number of rotatable bonds is 2. The molecule has 2 atom stereocenters. The fraction of sp³-hybridized carbons (Fsp3) is 0.750. The van der Waals surface area contributed by atoms with Gasteiger partial charge in [0, 0.05) is 13.0 Å². The summed E-state index contributed by atoms with van der Waals surface area (Å²) in [5.41, 5.74) is 0. The molecule has 1 aliphatic heterocycles. The number of alkyl halides is 1. The molecular formula is C8H14FNO. The molecule has 0 bridgehead atoms. The molecule has 2 nitrogen and oxygen atoms in total. The standard InChI is InChI=1S/C8H14FNO/c1-6(11)4-7-2-3-10-5-8(7)9/h7-8,10-11H,1-5H2/t7-,8-/m0/s1. The van der Waals surface area contributed by atoms with Crippen molar-refractivity contribution in [3.8, 4) is 0 Å². The van der Waals surface area contributed by atoms with Crippen LogP contribution in [0.25, 0.3) is 0 Å². The van der Waals surface area contributed by atoms with Gasteiger partial charge in [0.25, 0.3) is 0 Å². The van der Waals surface area contributed by atoms with Crippen molar-refractivity contribution in [2.24, 2.45) is 5.92 Å². The molecule has 0 spiro atoms. The zero-order chi connectivity index (χ0) is 8.27. The summed E-state index contributed by atoms with van der Waals surface area (Å²) in [6.07, 6.45) is 0.372. The number of aliphatic hydroxyl groups excluding tert-OH is 1. The molecule has 0 aromatic heterocycles. The molecule has 0 saturated carbocycles. The average Bonchev–Trinajstić information content (AvgIpc) is 1.93. The second-order valence-electron chi connectivity index (χ2n) is 3.04. The fourth-order valence-electron chi connectivity index (χ4n) is 1.41. The Kier molecular flexibility index (Phi) is 2.88. The van der Waals surface area contributed by atoms with Crippen LogP contribution >= 0.6 is 0 Å². The van der Waals surface area contributed by atoms with E-state index in [2.05, 4.69) is 11.9 Å². The summed E-state index contributed by atoms with van der Waals surface area (Å²) in [5.74, 6) is 0.0632. The highest BCUT2D eigenvalue weighted by Gasteiger charge is 2.24. The van der Waals surface area contributed by atoms with Gasteiger partial charge in [-0.1, -0.05) is 6.58 Å². The van der Waals surface area contributed by atoms with Crippen molar-refractivity contribution < 1.29 is 9.50 Å². The second-order valence-corrected chi connectivity index (χ2v) is 3.04. The summed E-state index contributed by atoms with van der Waals surface area (Å²) in [7, 11) is 0. The summed E-state index contributed by atoms with van der Waals surface area (Å²) >= 11 is 0. The average molecular weight is 159 g/mol. The number of allylic oxidation sites excluding steroid dienone is 1. The van der Waals surface area contributed by atoms with Crippen LogP contribution in [0, 0.1) is 5.92 Å². The number of halogens is 1. The Labute approximate surface area is 66.1 Å². The lowest BCUT2D eigenvalue weighted by Crippen LogP contribution is -2.38. The minimum absolute atomic E-state index is 0.0336. The first-order valence-electron chi connectivity index (χ1n) is 3.91. The summed E-state index contributed by atoms with van der Waals surface area (Å²) < 4.78 is 13.0. The minimum Gasteiger partial charge on any atom is -0.513 e. The Morgan fingerprint density at radius 3 is 3.00 bits per heavy atom. The van der Waals surface area contributed by atoms with E-state index in [1.165, 1.54) is 0 Å². The molecule has 64 valence electrons. The van der Waals surface area contributed by atoms with Crippen molar-refractivity contribution >= 4 is 0 Å². The minimum atomic E-state index is -0.826. The van der Waals surface area contributed by atoms with Crippen molar-refractivity contribution in [1.82, 2.24) is 5.32 Å². The summed E-state index contributed by atoms with van der Waals surface area (Å²) in [4.78, 5) is 0. The van der Waals surface area contributed by atoms with E-state index in [0.717, 1.165) is 13.0 Å². The summed E-state index contributed by atoms with van der Waals surface area (Å²) in [6, 6.07) is 0. The van der Waals surface area contributed by atoms with Crippen molar-refractivity contribution in [2.45, 2.75) is 19.0 Å². The lowest BCUT2D eigenvalue weighted by molar-refractivity contribution is 0.166. The van der Waals surface area contributed by atoms with Crippen LogP contribution in [0.1, 0.15) is 12.8 Å². The Morgan fingerprint density at radius 2 is 2.45 bits per heavy atom. The highest BCUT2D eigenvalue weighted by molar-refractivity contribution is 4.88. The van der Waals surface area contributed by atoms with E-state index >= 15 is 0 Å². The molecular weight excluding hydrogens is 145 g/mol. The molecule has 0 unspecified atom stereocenters. The van der Waals surface area contributed by atoms with Gasteiger partial charge in [-0.15, -0.1) is 0 Å². The van der Waals surface area contributed by atoms with E-state index in [4.69, 9.17) is 5.11 Å². The molecule has 2 N–H and O–H groups in total. The van der Waals surface area contributed by atoms with Crippen molar-refractivity contribution in [2.75, 3.05) is 13.1 Å². The third-order valence-electron chi connectivity index (χ3n) is 2.04. The third kappa shape index (κ3) is 2.50. The third-order valence-corrected chi connectivity index (χ3v) is 2.04. The fourth-order valence-corrected chi connectivity index (χ4v) is 1.41. The Balaban J connectivity index is 2.35. The lowest BCUT2D eigenvalue weighted by atomic mass is 9.92. The van der Waals surface area contributed by atoms with Gasteiger partial charge in [0.2, 0.25) is 0 Å². The number of hydrogen-bond donors (Lipinski definition) is 2. The van der Waals surface area contributed by atoms with E-state index in [9.17, 15) is 4.39 Å². The number of piperidine rings is 1. The number of hydrogen-bond acceptors (Lipinski definition) is 2. The van der Waals surface area contributed by atoms with Crippen LogP contribution in [0.15, 0.2) is 12.3 Å². The predicted octanol–water partition coefficient (Wildman–Crippen LogP) is 1.40. The monoisotopic (exact) mass is 159 g/mol. The molecule has 11 heavy (non-hydrogen) atoms. The first-order chi connectivity index (χ1) is 5.20. The molecule has 1 fully saturated rings. The van der Waals surface area contributed by atoms with Crippen molar-refractivity contribution in [3.63, 3.8) is 0 Å².